The van der Waals surface area contributed by atoms with Gasteiger partial charge in [0.25, 0.3) is 0 Å². The Hall–Kier alpha value is -3.67. The van der Waals surface area contributed by atoms with Crippen LogP contribution in [0.5, 0.6) is 0 Å². The molecule has 0 unspecified atom stereocenters. The minimum Gasteiger partial charge on any atom is -0.378 e. The van der Waals surface area contributed by atoms with Gasteiger partial charge in [-0.25, -0.2) is 9.97 Å². The summed E-state index contributed by atoms with van der Waals surface area (Å²) in [5, 5.41) is 12.8. The highest BCUT2D eigenvalue weighted by atomic mass is 16.5. The van der Waals surface area contributed by atoms with Gasteiger partial charge in [0.2, 0.25) is 5.95 Å². The van der Waals surface area contributed by atoms with E-state index in [-0.39, 0.29) is 0 Å². The molecule has 1 N–H and O–H groups in total. The number of anilines is 4. The van der Waals surface area contributed by atoms with E-state index in [1.165, 1.54) is 5.69 Å². The first-order chi connectivity index (χ1) is 16.3. The maximum Gasteiger partial charge on any atom is 0.227 e. The van der Waals surface area contributed by atoms with Gasteiger partial charge in [0.15, 0.2) is 0 Å². The van der Waals surface area contributed by atoms with Gasteiger partial charge in [0.1, 0.15) is 0 Å². The number of aromatic nitrogens is 2. The van der Waals surface area contributed by atoms with Crippen LogP contribution in [0.25, 0.3) is 11.3 Å². The second-order valence-corrected chi connectivity index (χ2v) is 8.02. The Labute approximate surface area is 193 Å². The molecular weight excluding hydrogens is 416 g/mol. The molecule has 2 aliphatic rings. The van der Waals surface area contributed by atoms with Gasteiger partial charge < -0.3 is 24.6 Å². The molecule has 0 atom stereocenters. The Bertz CT molecular complexity index is 1130. The van der Waals surface area contributed by atoms with Gasteiger partial charge in [-0.05, 0) is 48.5 Å². The summed E-state index contributed by atoms with van der Waals surface area (Å²) in [6.45, 7) is 6.35. The molecule has 8 nitrogen and oxygen atoms in total. The van der Waals surface area contributed by atoms with Crippen LogP contribution in [0.2, 0.25) is 0 Å². The molecule has 3 aromatic rings. The zero-order chi connectivity index (χ0) is 22.5. The van der Waals surface area contributed by atoms with Crippen molar-refractivity contribution in [1.29, 1.82) is 5.26 Å². The standard InChI is InChI=1S/C25H26N6O2/c26-18-19-15-20(17-23(16-19)31-9-13-33-14-10-31)24-5-6-27-25(29-24)28-21-1-3-22(4-2-21)30-7-11-32-12-8-30/h1-6,15-17H,7-14H2,(H,27,28,29). The Morgan fingerprint density at radius 2 is 1.48 bits per heavy atom. The predicted octanol–water partition coefficient (Wildman–Crippen LogP) is 3.43. The zero-order valence-corrected chi connectivity index (χ0v) is 18.4. The van der Waals surface area contributed by atoms with Crippen LogP contribution in [0, 0.1) is 11.3 Å². The lowest BCUT2D eigenvalue weighted by Gasteiger charge is -2.29. The minimum atomic E-state index is 0.516. The number of ether oxygens (including phenoxy) is 2. The fourth-order valence-electron chi connectivity index (χ4n) is 4.11. The highest BCUT2D eigenvalue weighted by molar-refractivity contribution is 5.70. The average molecular weight is 443 g/mol. The number of rotatable bonds is 5. The molecule has 3 heterocycles. The lowest BCUT2D eigenvalue weighted by atomic mass is 10.1. The zero-order valence-electron chi connectivity index (χ0n) is 18.4. The Morgan fingerprint density at radius 1 is 0.818 bits per heavy atom. The van der Waals surface area contributed by atoms with E-state index >= 15 is 0 Å². The van der Waals surface area contributed by atoms with Crippen molar-refractivity contribution < 1.29 is 9.47 Å². The van der Waals surface area contributed by atoms with E-state index in [2.05, 4.69) is 44.4 Å². The van der Waals surface area contributed by atoms with Crippen LogP contribution in [-0.2, 0) is 9.47 Å². The van der Waals surface area contributed by atoms with Crippen molar-refractivity contribution in [3.8, 4) is 17.3 Å². The van der Waals surface area contributed by atoms with E-state index in [1.54, 1.807) is 6.20 Å². The van der Waals surface area contributed by atoms with Gasteiger partial charge >= 0.3 is 0 Å². The van der Waals surface area contributed by atoms with E-state index in [4.69, 9.17) is 14.5 Å². The fourth-order valence-corrected chi connectivity index (χ4v) is 4.11. The smallest absolute Gasteiger partial charge is 0.227 e. The molecule has 0 aliphatic carbocycles. The van der Waals surface area contributed by atoms with Crippen LogP contribution in [0.3, 0.4) is 0 Å². The molecule has 0 spiro atoms. The highest BCUT2D eigenvalue weighted by Gasteiger charge is 2.15. The quantitative estimate of drug-likeness (QED) is 0.643. The topological polar surface area (TPSA) is 86.5 Å². The molecular formula is C25H26N6O2. The van der Waals surface area contributed by atoms with E-state index in [0.29, 0.717) is 24.7 Å². The maximum absolute atomic E-state index is 9.55. The number of nitrogens with one attached hydrogen (secondary N) is 1. The molecule has 0 saturated carbocycles. The lowest BCUT2D eigenvalue weighted by Crippen LogP contribution is -2.36. The number of morpholine rings is 2. The third kappa shape index (κ3) is 5.06. The first-order valence-electron chi connectivity index (χ1n) is 11.2. The van der Waals surface area contributed by atoms with Gasteiger partial charge in [-0.3, -0.25) is 0 Å². The second kappa shape index (κ2) is 9.86. The molecule has 2 aromatic carbocycles. The predicted molar refractivity (Wildman–Crippen MR) is 128 cm³/mol. The Kier molecular flexibility index (Phi) is 6.33. The first-order valence-corrected chi connectivity index (χ1v) is 11.2. The molecule has 2 saturated heterocycles. The molecule has 0 radical (unpaired) electrons. The van der Waals surface area contributed by atoms with Gasteiger partial charge in [-0.15, -0.1) is 0 Å². The monoisotopic (exact) mass is 442 g/mol. The summed E-state index contributed by atoms with van der Waals surface area (Å²) < 4.78 is 10.9. The number of nitriles is 1. The van der Waals surface area contributed by atoms with Crippen LogP contribution >= 0.6 is 0 Å². The summed E-state index contributed by atoms with van der Waals surface area (Å²) in [5.74, 6) is 0.516. The molecule has 2 fully saturated rings. The molecule has 8 heteroatoms. The summed E-state index contributed by atoms with van der Waals surface area (Å²) >= 11 is 0. The highest BCUT2D eigenvalue weighted by Crippen LogP contribution is 2.27. The molecule has 5 rings (SSSR count). The van der Waals surface area contributed by atoms with Crippen LogP contribution < -0.4 is 15.1 Å². The Morgan fingerprint density at radius 3 is 2.15 bits per heavy atom. The number of nitrogens with zero attached hydrogens (tertiary/aromatic N) is 5. The Balaban J connectivity index is 1.35. The summed E-state index contributed by atoms with van der Waals surface area (Å²) in [6, 6.07) is 18.3. The van der Waals surface area contributed by atoms with Crippen molar-refractivity contribution in [2.75, 3.05) is 67.7 Å². The van der Waals surface area contributed by atoms with Gasteiger partial charge in [-0.2, -0.15) is 5.26 Å². The van der Waals surface area contributed by atoms with Gasteiger partial charge in [-0.1, -0.05) is 0 Å². The van der Waals surface area contributed by atoms with Crippen LogP contribution in [0.4, 0.5) is 23.0 Å². The summed E-state index contributed by atoms with van der Waals surface area (Å²) in [4.78, 5) is 13.7. The molecule has 0 amide bonds. The van der Waals surface area contributed by atoms with Crippen molar-refractivity contribution in [3.05, 3.63) is 60.3 Å². The molecule has 1 aromatic heterocycles. The molecule has 33 heavy (non-hydrogen) atoms. The summed E-state index contributed by atoms with van der Waals surface area (Å²) in [6.07, 6.45) is 1.74. The van der Waals surface area contributed by atoms with Crippen molar-refractivity contribution >= 4 is 23.0 Å². The number of hydrogen-bond donors (Lipinski definition) is 1. The van der Waals surface area contributed by atoms with Gasteiger partial charge in [0.05, 0.1) is 43.8 Å². The van der Waals surface area contributed by atoms with Gasteiger partial charge in [0, 0.05) is 55.0 Å². The molecule has 168 valence electrons. The second-order valence-electron chi connectivity index (χ2n) is 8.02. The number of benzene rings is 2. The van der Waals surface area contributed by atoms with Crippen molar-refractivity contribution in [2.24, 2.45) is 0 Å². The largest absolute Gasteiger partial charge is 0.378 e. The van der Waals surface area contributed by atoms with E-state index in [1.807, 2.05) is 30.3 Å². The molecule has 2 aliphatic heterocycles. The first kappa shape index (κ1) is 21.2. The summed E-state index contributed by atoms with van der Waals surface area (Å²) in [7, 11) is 0. The SMILES string of the molecule is N#Cc1cc(-c2ccnc(Nc3ccc(N4CCOCC4)cc3)n2)cc(N2CCOCC2)c1. The molecule has 0 bridgehead atoms. The van der Waals surface area contributed by atoms with E-state index in [9.17, 15) is 5.26 Å². The van der Waals surface area contributed by atoms with Crippen molar-refractivity contribution in [3.63, 3.8) is 0 Å². The number of hydrogen-bond acceptors (Lipinski definition) is 8. The lowest BCUT2D eigenvalue weighted by molar-refractivity contribution is 0.122. The van der Waals surface area contributed by atoms with E-state index < -0.39 is 0 Å². The van der Waals surface area contributed by atoms with Crippen LogP contribution in [0.1, 0.15) is 5.56 Å². The third-order valence-corrected chi connectivity index (χ3v) is 5.87. The maximum atomic E-state index is 9.55. The fraction of sp³-hybridized carbons (Fsp3) is 0.320. The average Bonchev–Trinajstić information content (AvgIpc) is 2.90. The third-order valence-electron chi connectivity index (χ3n) is 5.87. The normalized spacial score (nSPS) is 16.3. The van der Waals surface area contributed by atoms with Crippen LogP contribution in [-0.4, -0.2) is 62.6 Å². The minimum absolute atomic E-state index is 0.516. The van der Waals surface area contributed by atoms with Crippen molar-refractivity contribution in [2.45, 2.75) is 0 Å². The van der Waals surface area contributed by atoms with E-state index in [0.717, 1.165) is 62.0 Å². The van der Waals surface area contributed by atoms with Crippen LogP contribution in [0.15, 0.2) is 54.7 Å². The van der Waals surface area contributed by atoms with Crippen molar-refractivity contribution in [1.82, 2.24) is 9.97 Å². The summed E-state index contributed by atoms with van der Waals surface area (Å²) in [5.41, 5.74) is 5.39.